The van der Waals surface area contributed by atoms with E-state index >= 15 is 0 Å². The molecule has 2 aliphatic heterocycles. The first-order chi connectivity index (χ1) is 23.0. The van der Waals surface area contributed by atoms with E-state index in [4.69, 9.17) is 20.6 Å². The minimum atomic E-state index is -2.57. The lowest BCUT2D eigenvalue weighted by Gasteiger charge is -2.45. The summed E-state index contributed by atoms with van der Waals surface area (Å²) in [6.45, 7) is 0.827. The van der Waals surface area contributed by atoms with Crippen LogP contribution in [0.3, 0.4) is 0 Å². The number of nitrogens with two attached hydrogens (primary N) is 1. The number of likely N-dealkylation sites (tertiary alicyclic amines) is 1. The van der Waals surface area contributed by atoms with E-state index in [1.165, 1.54) is 4.90 Å². The number of fused-ring (bicyclic) bond motifs is 2. The molecule has 2 saturated carbocycles. The number of piperidine rings is 1. The molecule has 250 valence electrons. The molecular weight excluding hydrogens is 630 g/mol. The highest BCUT2D eigenvalue weighted by molar-refractivity contribution is 6.09. The molecule has 5 heterocycles. The third-order valence-corrected chi connectivity index (χ3v) is 10.1. The largest absolute Gasteiger partial charge is 0.482 e. The maximum absolute atomic E-state index is 14.5. The fraction of sp³-hybridized carbons (Fsp3) is 0.441. The van der Waals surface area contributed by atoms with Crippen LogP contribution in [0.1, 0.15) is 66.3 Å². The first-order valence-corrected chi connectivity index (χ1v) is 16.2. The zero-order valence-corrected chi connectivity index (χ0v) is 26.0. The van der Waals surface area contributed by atoms with Crippen LogP contribution in [0, 0.1) is 17.6 Å². The monoisotopic (exact) mass is 663 g/mol. The van der Waals surface area contributed by atoms with Crippen LogP contribution in [0.2, 0.25) is 0 Å². The van der Waals surface area contributed by atoms with Gasteiger partial charge in [-0.25, -0.2) is 27.2 Å². The molecule has 0 unspecified atom stereocenters. The van der Waals surface area contributed by atoms with Crippen molar-refractivity contribution in [1.82, 2.24) is 24.6 Å². The zero-order chi connectivity index (χ0) is 33.3. The summed E-state index contributed by atoms with van der Waals surface area (Å²) in [6.07, 6.45) is 6.50. The van der Waals surface area contributed by atoms with E-state index in [1.807, 2.05) is 4.68 Å². The predicted molar refractivity (Wildman–Crippen MR) is 167 cm³/mol. The summed E-state index contributed by atoms with van der Waals surface area (Å²) in [5.74, 6) is -4.57. The second-order valence-corrected chi connectivity index (χ2v) is 13.4. The molecule has 10 nitrogen and oxygen atoms in total. The van der Waals surface area contributed by atoms with Gasteiger partial charge in [0.1, 0.15) is 17.4 Å². The molecule has 0 atom stereocenters. The van der Waals surface area contributed by atoms with Gasteiger partial charge in [-0.15, -0.1) is 0 Å². The number of carbonyl (C=O) groups is 2. The number of carbonyl (C=O) groups excluding carboxylic acids is 2. The van der Waals surface area contributed by atoms with E-state index in [0.717, 1.165) is 37.9 Å². The number of primary amides is 1. The van der Waals surface area contributed by atoms with Crippen molar-refractivity contribution in [3.8, 4) is 16.9 Å². The Balaban J connectivity index is 1.17. The Kier molecular flexibility index (Phi) is 7.38. The molecule has 2 aliphatic carbocycles. The third kappa shape index (κ3) is 5.55. The van der Waals surface area contributed by atoms with Gasteiger partial charge in [-0.3, -0.25) is 24.4 Å². The number of halogens is 4. The lowest BCUT2D eigenvalue weighted by Crippen LogP contribution is -2.53. The Morgan fingerprint density at radius 3 is 2.48 bits per heavy atom. The Labute approximate surface area is 272 Å². The molecule has 1 saturated heterocycles. The third-order valence-electron chi connectivity index (χ3n) is 10.1. The summed E-state index contributed by atoms with van der Waals surface area (Å²) in [5, 5.41) is 5.38. The number of pyridine rings is 2. The maximum Gasteiger partial charge on any atom is 0.265 e. The van der Waals surface area contributed by atoms with E-state index in [2.05, 4.69) is 9.88 Å². The van der Waals surface area contributed by atoms with Crippen LogP contribution in [-0.4, -0.2) is 68.1 Å². The average Bonchev–Trinajstić information content (AvgIpc) is 3.76. The number of amides is 2. The van der Waals surface area contributed by atoms with E-state index < -0.39 is 29.4 Å². The van der Waals surface area contributed by atoms with Gasteiger partial charge in [0, 0.05) is 49.0 Å². The number of ether oxygens (including phenoxy) is 1. The summed E-state index contributed by atoms with van der Waals surface area (Å²) < 4.78 is 62.7. The van der Waals surface area contributed by atoms with Gasteiger partial charge in [-0.05, 0) is 55.7 Å². The number of rotatable bonds is 8. The van der Waals surface area contributed by atoms with Crippen LogP contribution < -0.4 is 15.4 Å². The molecule has 8 rings (SSSR count). The van der Waals surface area contributed by atoms with Gasteiger partial charge in [0.05, 0.1) is 47.6 Å². The van der Waals surface area contributed by atoms with Crippen molar-refractivity contribution in [3.05, 3.63) is 65.2 Å². The molecule has 4 aliphatic rings. The van der Waals surface area contributed by atoms with Crippen LogP contribution in [0.25, 0.3) is 22.2 Å². The number of hydrogen-bond acceptors (Lipinski definition) is 7. The molecule has 3 fully saturated rings. The molecule has 14 heteroatoms. The Morgan fingerprint density at radius 1 is 1.02 bits per heavy atom. The van der Waals surface area contributed by atoms with Gasteiger partial charge in [0.2, 0.25) is 0 Å². The van der Waals surface area contributed by atoms with E-state index in [-0.39, 0.29) is 43.8 Å². The van der Waals surface area contributed by atoms with Crippen molar-refractivity contribution < 1.29 is 31.9 Å². The van der Waals surface area contributed by atoms with E-state index in [0.29, 0.717) is 70.3 Å². The van der Waals surface area contributed by atoms with E-state index in [9.17, 15) is 27.2 Å². The predicted octanol–water partition coefficient (Wildman–Crippen LogP) is 5.18. The Hall–Kier alpha value is -4.59. The SMILES string of the molecule is NC(=O)c1c(CC2CC2)nc2c(cnn2C2CCN(C3CC(F)(F)C3)CC2)c1-c1ccc2c(c1)OCC(=O)N2Cc1ncc(F)cc1F. The number of hydrogen-bond donors (Lipinski definition) is 1. The number of alkyl halides is 2. The van der Waals surface area contributed by atoms with Crippen LogP contribution in [0.15, 0.2) is 36.7 Å². The van der Waals surface area contributed by atoms with E-state index in [1.54, 1.807) is 24.4 Å². The molecule has 2 N–H and O–H groups in total. The normalized spacial score (nSPS) is 20.1. The second-order valence-electron chi connectivity index (χ2n) is 13.4. The molecular formula is C34H33F4N7O3. The highest BCUT2D eigenvalue weighted by atomic mass is 19.3. The summed E-state index contributed by atoms with van der Waals surface area (Å²) in [6, 6.07) is 5.75. The molecule has 2 amide bonds. The molecule has 4 aromatic rings. The first-order valence-electron chi connectivity index (χ1n) is 16.2. The highest BCUT2D eigenvalue weighted by Crippen LogP contribution is 2.44. The molecule has 0 bridgehead atoms. The van der Waals surface area contributed by atoms with Gasteiger partial charge in [0.15, 0.2) is 12.3 Å². The lowest BCUT2D eigenvalue weighted by molar-refractivity contribution is -0.128. The molecule has 3 aromatic heterocycles. The molecule has 0 radical (unpaired) electrons. The van der Waals surface area contributed by atoms with Crippen molar-refractivity contribution in [1.29, 1.82) is 0 Å². The summed E-state index contributed by atoms with van der Waals surface area (Å²) in [5.41, 5.74) is 9.00. The van der Waals surface area contributed by atoms with Crippen LogP contribution in [0.4, 0.5) is 23.2 Å². The summed E-state index contributed by atoms with van der Waals surface area (Å²) in [7, 11) is 0. The maximum atomic E-state index is 14.5. The Bertz CT molecular complexity index is 1950. The van der Waals surface area contributed by atoms with Crippen molar-refractivity contribution in [3.63, 3.8) is 0 Å². The number of anilines is 1. The average molecular weight is 664 g/mol. The van der Waals surface area contributed by atoms with Gasteiger partial charge in [-0.1, -0.05) is 6.07 Å². The number of benzene rings is 1. The molecule has 1 aromatic carbocycles. The zero-order valence-electron chi connectivity index (χ0n) is 26.0. The quantitative estimate of drug-likeness (QED) is 0.258. The highest BCUT2D eigenvalue weighted by Gasteiger charge is 2.48. The standard InChI is InChI=1S/C34H33F4N7O3/c35-20-11-24(36)26(40-14-20)16-44-27-4-3-19(10-28(27)48-17-29(44)46)30-23-15-41-45(21-5-7-43(8-6-21)22-12-34(37,38)13-22)33(23)42-25(9-18-1-2-18)31(30)32(39)47/h3-4,10-11,14-15,18,21-22H,1-2,5-9,12-13,16-17H2,(H2,39,47). The Morgan fingerprint density at radius 2 is 1.79 bits per heavy atom. The summed E-state index contributed by atoms with van der Waals surface area (Å²) >= 11 is 0. The second kappa shape index (κ2) is 11.5. The molecule has 48 heavy (non-hydrogen) atoms. The van der Waals surface area contributed by atoms with Crippen molar-refractivity contribution in [2.75, 3.05) is 24.6 Å². The minimum absolute atomic E-state index is 0.000191. The number of nitrogens with zero attached hydrogens (tertiary/aromatic N) is 6. The van der Waals surface area contributed by atoms with Crippen molar-refractivity contribution in [2.24, 2.45) is 11.7 Å². The van der Waals surface area contributed by atoms with Crippen molar-refractivity contribution >= 4 is 28.5 Å². The van der Waals surface area contributed by atoms with Gasteiger partial charge >= 0.3 is 0 Å². The first kappa shape index (κ1) is 30.7. The topological polar surface area (TPSA) is 119 Å². The van der Waals surface area contributed by atoms with Gasteiger partial charge in [-0.2, -0.15) is 5.10 Å². The minimum Gasteiger partial charge on any atom is -0.482 e. The summed E-state index contributed by atoms with van der Waals surface area (Å²) in [4.78, 5) is 38.3. The fourth-order valence-electron chi connectivity index (χ4n) is 7.31. The molecule has 0 spiro atoms. The van der Waals surface area contributed by atoms with Gasteiger partial charge in [0.25, 0.3) is 17.7 Å². The smallest absolute Gasteiger partial charge is 0.265 e. The van der Waals surface area contributed by atoms with Crippen LogP contribution >= 0.6 is 0 Å². The van der Waals surface area contributed by atoms with Crippen LogP contribution in [-0.2, 0) is 17.8 Å². The number of aromatic nitrogens is 4. The van der Waals surface area contributed by atoms with Crippen molar-refractivity contribution in [2.45, 2.75) is 69.5 Å². The van der Waals surface area contributed by atoms with Crippen LogP contribution in [0.5, 0.6) is 5.75 Å². The lowest BCUT2D eigenvalue weighted by atomic mass is 9.85. The van der Waals surface area contributed by atoms with Gasteiger partial charge < -0.3 is 10.5 Å². The fourth-order valence-corrected chi connectivity index (χ4v) is 7.31.